The van der Waals surface area contributed by atoms with Gasteiger partial charge >= 0.3 is 0 Å². The van der Waals surface area contributed by atoms with Gasteiger partial charge in [0, 0.05) is 6.42 Å². The lowest BCUT2D eigenvalue weighted by Crippen LogP contribution is -1.94. The third-order valence-corrected chi connectivity index (χ3v) is 2.73. The van der Waals surface area contributed by atoms with E-state index in [1.165, 1.54) is 5.57 Å². The zero-order valence-electron chi connectivity index (χ0n) is 7.22. The standard InChI is InChI=1S/C10H13IO/c1-8(3-2-6-11)9-4-5-10(12)7-9/h2,6-8H,3-5H2,1H3/b6-2-/t8-/m1/s1. The Hall–Kier alpha value is -0.120. The number of hydrogen-bond donors (Lipinski definition) is 0. The number of allylic oxidation sites excluding steroid dienone is 3. The maximum atomic E-state index is 10.9. The topological polar surface area (TPSA) is 17.1 Å². The number of hydrogen-bond acceptors (Lipinski definition) is 1. The van der Waals surface area contributed by atoms with E-state index in [1.807, 2.05) is 10.2 Å². The van der Waals surface area contributed by atoms with Crippen molar-refractivity contribution in [1.82, 2.24) is 0 Å². The molecule has 0 aliphatic heterocycles. The summed E-state index contributed by atoms with van der Waals surface area (Å²) in [7, 11) is 0. The number of carbonyl (C=O) groups excluding carboxylic acids is 1. The smallest absolute Gasteiger partial charge is 0.155 e. The van der Waals surface area contributed by atoms with E-state index in [-0.39, 0.29) is 0 Å². The van der Waals surface area contributed by atoms with Gasteiger partial charge in [-0.05, 0) is 28.9 Å². The molecule has 0 fully saturated rings. The highest BCUT2D eigenvalue weighted by atomic mass is 127. The van der Waals surface area contributed by atoms with E-state index in [4.69, 9.17) is 0 Å². The second-order valence-corrected chi connectivity index (χ2v) is 3.90. The lowest BCUT2D eigenvalue weighted by molar-refractivity contribution is -0.114. The molecule has 0 N–H and O–H groups in total. The highest BCUT2D eigenvalue weighted by molar-refractivity contribution is 14.1. The maximum absolute atomic E-state index is 10.9. The summed E-state index contributed by atoms with van der Waals surface area (Å²) in [6.45, 7) is 2.18. The average Bonchev–Trinajstić information content (AvgIpc) is 2.47. The molecule has 0 saturated carbocycles. The Labute approximate surface area is 87.1 Å². The van der Waals surface area contributed by atoms with E-state index in [2.05, 4.69) is 35.6 Å². The first-order valence-corrected chi connectivity index (χ1v) is 5.47. The summed E-state index contributed by atoms with van der Waals surface area (Å²) in [5.74, 6) is 0.845. The Balaban J connectivity index is 2.47. The second-order valence-electron chi connectivity index (χ2n) is 3.18. The summed E-state index contributed by atoms with van der Waals surface area (Å²) in [6, 6.07) is 0. The SMILES string of the molecule is C[C@H](C/C=C\I)C1=CC(=O)CC1. The molecule has 0 aromatic carbocycles. The summed E-state index contributed by atoms with van der Waals surface area (Å²) in [4.78, 5) is 10.9. The van der Waals surface area contributed by atoms with Crippen LogP contribution in [0.4, 0.5) is 0 Å². The van der Waals surface area contributed by atoms with E-state index >= 15 is 0 Å². The molecule has 66 valence electrons. The van der Waals surface area contributed by atoms with Gasteiger partial charge in [-0.1, -0.05) is 41.2 Å². The van der Waals surface area contributed by atoms with Crippen LogP contribution in [-0.2, 0) is 4.79 Å². The first-order chi connectivity index (χ1) is 5.74. The monoisotopic (exact) mass is 276 g/mol. The second kappa shape index (κ2) is 4.80. The van der Waals surface area contributed by atoms with Crippen molar-refractivity contribution in [3.63, 3.8) is 0 Å². The van der Waals surface area contributed by atoms with Gasteiger partial charge in [-0.3, -0.25) is 4.79 Å². The molecule has 0 aromatic rings. The molecule has 0 bridgehead atoms. The Morgan fingerprint density at radius 2 is 2.42 bits per heavy atom. The molecule has 0 heterocycles. The van der Waals surface area contributed by atoms with Crippen molar-refractivity contribution in [2.24, 2.45) is 5.92 Å². The summed E-state index contributed by atoms with van der Waals surface area (Å²) in [6.07, 6.45) is 6.74. The first kappa shape index (κ1) is 9.96. The predicted molar refractivity (Wildman–Crippen MR) is 59.3 cm³/mol. The molecule has 1 rings (SSSR count). The van der Waals surface area contributed by atoms with Crippen LogP contribution in [0, 0.1) is 5.92 Å². The fraction of sp³-hybridized carbons (Fsp3) is 0.500. The fourth-order valence-electron chi connectivity index (χ4n) is 1.41. The molecule has 0 unspecified atom stereocenters. The molecule has 2 heteroatoms. The summed E-state index contributed by atoms with van der Waals surface area (Å²) >= 11 is 2.22. The van der Waals surface area contributed by atoms with Crippen molar-refractivity contribution in [1.29, 1.82) is 0 Å². The molecule has 0 radical (unpaired) electrons. The maximum Gasteiger partial charge on any atom is 0.155 e. The number of carbonyl (C=O) groups is 1. The molecule has 12 heavy (non-hydrogen) atoms. The minimum Gasteiger partial charge on any atom is -0.295 e. The molecular formula is C10H13IO. The summed E-state index contributed by atoms with van der Waals surface area (Å²) < 4.78 is 2.03. The largest absolute Gasteiger partial charge is 0.295 e. The van der Waals surface area contributed by atoms with Crippen molar-refractivity contribution in [2.45, 2.75) is 26.2 Å². The van der Waals surface area contributed by atoms with Crippen LogP contribution in [0.15, 0.2) is 21.8 Å². The summed E-state index contributed by atoms with van der Waals surface area (Å²) in [5, 5.41) is 0. The molecular weight excluding hydrogens is 263 g/mol. The zero-order valence-corrected chi connectivity index (χ0v) is 9.37. The minimum absolute atomic E-state index is 0.301. The van der Waals surface area contributed by atoms with Crippen LogP contribution in [0.1, 0.15) is 26.2 Å². The van der Waals surface area contributed by atoms with Gasteiger partial charge in [-0.25, -0.2) is 0 Å². The average molecular weight is 276 g/mol. The van der Waals surface area contributed by atoms with Gasteiger partial charge in [0.25, 0.3) is 0 Å². The number of rotatable bonds is 3. The van der Waals surface area contributed by atoms with Gasteiger partial charge in [0.1, 0.15) is 0 Å². The molecule has 1 nitrogen and oxygen atoms in total. The van der Waals surface area contributed by atoms with Gasteiger partial charge < -0.3 is 0 Å². The van der Waals surface area contributed by atoms with Crippen LogP contribution >= 0.6 is 22.6 Å². The van der Waals surface area contributed by atoms with Crippen LogP contribution in [-0.4, -0.2) is 5.78 Å². The van der Waals surface area contributed by atoms with Gasteiger partial charge in [-0.15, -0.1) is 0 Å². The first-order valence-electron chi connectivity index (χ1n) is 4.22. The molecule has 1 aliphatic carbocycles. The zero-order chi connectivity index (χ0) is 8.97. The van der Waals surface area contributed by atoms with Crippen LogP contribution in [0.5, 0.6) is 0 Å². The Morgan fingerprint density at radius 1 is 1.67 bits per heavy atom. The van der Waals surface area contributed by atoms with Gasteiger partial charge in [0.2, 0.25) is 0 Å². The highest BCUT2D eigenvalue weighted by Gasteiger charge is 2.15. The normalized spacial score (nSPS) is 20.2. The lowest BCUT2D eigenvalue weighted by Gasteiger charge is -2.08. The van der Waals surface area contributed by atoms with E-state index in [1.54, 1.807) is 0 Å². The lowest BCUT2D eigenvalue weighted by atomic mass is 9.97. The highest BCUT2D eigenvalue weighted by Crippen LogP contribution is 2.25. The van der Waals surface area contributed by atoms with Crippen molar-refractivity contribution in [3.8, 4) is 0 Å². The fourth-order valence-corrected chi connectivity index (χ4v) is 1.71. The third kappa shape index (κ3) is 2.73. The molecule has 1 atom stereocenters. The Kier molecular flexibility index (Phi) is 3.98. The van der Waals surface area contributed by atoms with E-state index in [0.29, 0.717) is 11.7 Å². The van der Waals surface area contributed by atoms with Crippen LogP contribution in [0.25, 0.3) is 0 Å². The van der Waals surface area contributed by atoms with Crippen LogP contribution < -0.4 is 0 Å². The van der Waals surface area contributed by atoms with Crippen molar-refractivity contribution >= 4 is 28.4 Å². The molecule has 0 saturated heterocycles. The summed E-state index contributed by atoms with van der Waals surface area (Å²) in [5.41, 5.74) is 1.33. The van der Waals surface area contributed by atoms with E-state index in [0.717, 1.165) is 19.3 Å². The van der Waals surface area contributed by atoms with Crippen molar-refractivity contribution in [2.75, 3.05) is 0 Å². The van der Waals surface area contributed by atoms with Crippen molar-refractivity contribution in [3.05, 3.63) is 21.8 Å². The predicted octanol–water partition coefficient (Wildman–Crippen LogP) is 3.25. The van der Waals surface area contributed by atoms with Crippen LogP contribution in [0.3, 0.4) is 0 Å². The molecule has 0 spiro atoms. The molecule has 0 aromatic heterocycles. The molecule has 1 aliphatic rings. The number of halogens is 1. The van der Waals surface area contributed by atoms with Gasteiger partial charge in [-0.2, -0.15) is 0 Å². The van der Waals surface area contributed by atoms with E-state index < -0.39 is 0 Å². The van der Waals surface area contributed by atoms with Gasteiger partial charge in [0.05, 0.1) is 0 Å². The Morgan fingerprint density at radius 3 is 2.92 bits per heavy atom. The molecule has 0 amide bonds. The van der Waals surface area contributed by atoms with Gasteiger partial charge in [0.15, 0.2) is 5.78 Å². The van der Waals surface area contributed by atoms with E-state index in [9.17, 15) is 4.79 Å². The minimum atomic E-state index is 0.301. The number of ketones is 1. The van der Waals surface area contributed by atoms with Crippen LogP contribution in [0.2, 0.25) is 0 Å². The third-order valence-electron chi connectivity index (χ3n) is 2.22. The quantitative estimate of drug-likeness (QED) is 0.723. The Bertz CT molecular complexity index is 228. The van der Waals surface area contributed by atoms with Crippen molar-refractivity contribution < 1.29 is 4.79 Å².